The topological polar surface area (TPSA) is 46.2 Å². The van der Waals surface area contributed by atoms with E-state index in [0.29, 0.717) is 6.54 Å². The second kappa shape index (κ2) is 7.50. The number of anilines is 1. The highest BCUT2D eigenvalue weighted by Crippen LogP contribution is 2.15. The lowest BCUT2D eigenvalue weighted by Crippen LogP contribution is -2.27. The predicted molar refractivity (Wildman–Crippen MR) is 83.7 cm³/mol. The smallest absolute Gasteiger partial charge is 0.169 e. The van der Waals surface area contributed by atoms with E-state index in [9.17, 15) is 0 Å². The minimum Gasteiger partial charge on any atom is -0.452 e. The molecule has 0 amide bonds. The highest BCUT2D eigenvalue weighted by atomic mass is 79.9. The molecule has 0 saturated carbocycles. The van der Waals surface area contributed by atoms with Crippen LogP contribution in [0.3, 0.4) is 0 Å². The van der Waals surface area contributed by atoms with E-state index in [0.717, 1.165) is 42.3 Å². The molecule has 0 bridgehead atoms. The van der Waals surface area contributed by atoms with Gasteiger partial charge in [0.2, 0.25) is 0 Å². The van der Waals surface area contributed by atoms with Crippen LogP contribution in [0.5, 0.6) is 0 Å². The van der Waals surface area contributed by atoms with E-state index in [2.05, 4.69) is 45.1 Å². The number of rotatable bonds is 8. The minimum absolute atomic E-state index is 0.660. The first-order chi connectivity index (χ1) is 9.71. The zero-order chi connectivity index (χ0) is 14.4. The van der Waals surface area contributed by atoms with Gasteiger partial charge in [0.05, 0.1) is 25.0 Å². The van der Waals surface area contributed by atoms with E-state index in [1.54, 1.807) is 0 Å². The van der Waals surface area contributed by atoms with Gasteiger partial charge >= 0.3 is 0 Å². The van der Waals surface area contributed by atoms with Gasteiger partial charge in [0.15, 0.2) is 4.67 Å². The summed E-state index contributed by atoms with van der Waals surface area (Å²) in [6.07, 6.45) is 3.88. The summed E-state index contributed by atoms with van der Waals surface area (Å²) in [6.45, 7) is 9.12. The molecule has 0 aliphatic carbocycles. The lowest BCUT2D eigenvalue weighted by atomic mass is 10.4. The van der Waals surface area contributed by atoms with Crippen LogP contribution in [0.25, 0.3) is 0 Å². The highest BCUT2D eigenvalue weighted by Gasteiger charge is 2.03. The summed E-state index contributed by atoms with van der Waals surface area (Å²) in [7, 11) is 0. The molecule has 6 heteroatoms. The Labute approximate surface area is 128 Å². The molecule has 2 aromatic rings. The lowest BCUT2D eigenvalue weighted by molar-refractivity contribution is 0.285. The Morgan fingerprint density at radius 3 is 2.80 bits per heavy atom. The van der Waals surface area contributed by atoms with E-state index in [1.165, 1.54) is 0 Å². The van der Waals surface area contributed by atoms with Gasteiger partial charge in [-0.2, -0.15) is 5.10 Å². The van der Waals surface area contributed by atoms with Gasteiger partial charge in [-0.3, -0.25) is 4.68 Å². The SMILES string of the molecule is CCN(CC)CCn1cc(NCc2ccc(Br)o2)cn1. The number of aromatic nitrogens is 2. The average molecular weight is 341 g/mol. The van der Waals surface area contributed by atoms with Crippen LogP contribution in [0.4, 0.5) is 5.69 Å². The number of likely N-dealkylation sites (N-methyl/N-ethyl adjacent to an activating group) is 1. The van der Waals surface area contributed by atoms with Gasteiger partial charge in [-0.1, -0.05) is 13.8 Å². The summed E-state index contributed by atoms with van der Waals surface area (Å²) in [5.41, 5.74) is 1.01. The van der Waals surface area contributed by atoms with Crippen molar-refractivity contribution in [3.05, 3.63) is 35.0 Å². The number of nitrogens with one attached hydrogen (secondary N) is 1. The normalized spacial score (nSPS) is 11.2. The van der Waals surface area contributed by atoms with E-state index in [4.69, 9.17) is 4.42 Å². The van der Waals surface area contributed by atoms with E-state index < -0.39 is 0 Å². The third-order valence-corrected chi connectivity index (χ3v) is 3.69. The summed E-state index contributed by atoms with van der Waals surface area (Å²) < 4.78 is 8.17. The van der Waals surface area contributed by atoms with Crippen molar-refractivity contribution in [1.29, 1.82) is 0 Å². The molecule has 5 nitrogen and oxygen atoms in total. The maximum Gasteiger partial charge on any atom is 0.169 e. The fourth-order valence-electron chi connectivity index (χ4n) is 2.00. The third kappa shape index (κ3) is 4.38. The number of furan rings is 1. The van der Waals surface area contributed by atoms with Crippen molar-refractivity contribution in [2.24, 2.45) is 0 Å². The molecule has 0 unspecified atom stereocenters. The monoisotopic (exact) mass is 340 g/mol. The van der Waals surface area contributed by atoms with Crippen LogP contribution in [0, 0.1) is 0 Å². The maximum atomic E-state index is 5.44. The van der Waals surface area contributed by atoms with Gasteiger partial charge in [-0.15, -0.1) is 0 Å². The summed E-state index contributed by atoms with van der Waals surface area (Å²) in [4.78, 5) is 2.38. The molecule has 0 radical (unpaired) electrons. The average Bonchev–Trinajstić information content (AvgIpc) is 3.07. The molecule has 0 aliphatic rings. The summed E-state index contributed by atoms with van der Waals surface area (Å²) in [5.74, 6) is 0.896. The van der Waals surface area contributed by atoms with Gasteiger partial charge in [0.25, 0.3) is 0 Å². The summed E-state index contributed by atoms with van der Waals surface area (Å²) in [5, 5.41) is 7.66. The molecule has 0 aliphatic heterocycles. The van der Waals surface area contributed by atoms with Crippen molar-refractivity contribution in [1.82, 2.24) is 14.7 Å². The Morgan fingerprint density at radius 1 is 1.35 bits per heavy atom. The summed E-state index contributed by atoms with van der Waals surface area (Å²) >= 11 is 3.29. The molecule has 0 atom stereocenters. The van der Waals surface area contributed by atoms with Gasteiger partial charge in [-0.05, 0) is 41.2 Å². The predicted octanol–water partition coefficient (Wildman–Crippen LogP) is 3.19. The molecular weight excluding hydrogens is 320 g/mol. The fraction of sp³-hybridized carbons (Fsp3) is 0.500. The molecule has 2 heterocycles. The maximum absolute atomic E-state index is 5.44. The molecule has 0 saturated heterocycles. The number of nitrogens with zero attached hydrogens (tertiary/aromatic N) is 3. The van der Waals surface area contributed by atoms with Crippen molar-refractivity contribution in [2.45, 2.75) is 26.9 Å². The zero-order valence-corrected chi connectivity index (χ0v) is 13.6. The molecule has 110 valence electrons. The van der Waals surface area contributed by atoms with Crippen molar-refractivity contribution >= 4 is 21.6 Å². The first-order valence-corrected chi connectivity index (χ1v) is 7.73. The van der Waals surface area contributed by atoms with Gasteiger partial charge in [0.1, 0.15) is 5.76 Å². The third-order valence-electron chi connectivity index (χ3n) is 3.27. The number of hydrogen-bond donors (Lipinski definition) is 1. The quantitative estimate of drug-likeness (QED) is 0.801. The second-order valence-electron chi connectivity index (χ2n) is 4.58. The zero-order valence-electron chi connectivity index (χ0n) is 12.0. The van der Waals surface area contributed by atoms with Crippen LogP contribution in [0.2, 0.25) is 0 Å². The molecule has 1 N–H and O–H groups in total. The van der Waals surface area contributed by atoms with Gasteiger partial charge in [0, 0.05) is 12.7 Å². The van der Waals surface area contributed by atoms with Crippen LogP contribution in [0.15, 0.2) is 33.6 Å². The van der Waals surface area contributed by atoms with Crippen LogP contribution < -0.4 is 5.32 Å². The Hall–Kier alpha value is -1.27. The first kappa shape index (κ1) is 15.1. The largest absolute Gasteiger partial charge is 0.452 e. The van der Waals surface area contributed by atoms with E-state index in [1.807, 2.05) is 29.2 Å². The molecule has 20 heavy (non-hydrogen) atoms. The van der Waals surface area contributed by atoms with Crippen LogP contribution in [0.1, 0.15) is 19.6 Å². The molecule has 2 rings (SSSR count). The molecule has 2 aromatic heterocycles. The highest BCUT2D eigenvalue weighted by molar-refractivity contribution is 9.10. The van der Waals surface area contributed by atoms with Crippen molar-refractivity contribution < 1.29 is 4.42 Å². The van der Waals surface area contributed by atoms with Crippen molar-refractivity contribution in [2.75, 3.05) is 25.0 Å². The van der Waals surface area contributed by atoms with Crippen molar-refractivity contribution in [3.63, 3.8) is 0 Å². The standard InChI is InChI=1S/C14H21BrN4O/c1-3-18(4-2)7-8-19-11-12(9-17-19)16-10-13-5-6-14(15)20-13/h5-6,9,11,16H,3-4,7-8,10H2,1-2H3. The Bertz CT molecular complexity index is 519. The van der Waals surface area contributed by atoms with E-state index >= 15 is 0 Å². The number of hydrogen-bond acceptors (Lipinski definition) is 4. The van der Waals surface area contributed by atoms with Crippen LogP contribution in [-0.2, 0) is 13.1 Å². The van der Waals surface area contributed by atoms with Crippen molar-refractivity contribution in [3.8, 4) is 0 Å². The summed E-state index contributed by atoms with van der Waals surface area (Å²) in [6, 6.07) is 3.84. The molecular formula is C14H21BrN4O. The minimum atomic E-state index is 0.660. The Kier molecular flexibility index (Phi) is 5.67. The lowest BCUT2D eigenvalue weighted by Gasteiger charge is -2.17. The van der Waals surface area contributed by atoms with Gasteiger partial charge < -0.3 is 14.6 Å². The molecule has 0 spiro atoms. The first-order valence-electron chi connectivity index (χ1n) is 6.94. The van der Waals surface area contributed by atoms with Crippen LogP contribution in [-0.4, -0.2) is 34.3 Å². The Morgan fingerprint density at radius 2 is 2.15 bits per heavy atom. The van der Waals surface area contributed by atoms with Gasteiger partial charge in [-0.25, -0.2) is 0 Å². The molecule has 0 fully saturated rings. The fourth-order valence-corrected chi connectivity index (χ4v) is 2.34. The van der Waals surface area contributed by atoms with E-state index in [-0.39, 0.29) is 0 Å². The molecule has 0 aromatic carbocycles. The second-order valence-corrected chi connectivity index (χ2v) is 5.36. The number of halogens is 1. The Balaban J connectivity index is 1.80. The van der Waals surface area contributed by atoms with Crippen LogP contribution >= 0.6 is 15.9 Å².